The number of aryl methyl sites for hydroxylation is 1. The van der Waals surface area contributed by atoms with Crippen LogP contribution in [0.25, 0.3) is 0 Å². The van der Waals surface area contributed by atoms with Crippen molar-refractivity contribution in [1.29, 1.82) is 0 Å². The van der Waals surface area contributed by atoms with Gasteiger partial charge in [-0.05, 0) is 18.6 Å². The third kappa shape index (κ3) is 3.27. The van der Waals surface area contributed by atoms with Gasteiger partial charge < -0.3 is 0 Å². The van der Waals surface area contributed by atoms with E-state index in [1.165, 1.54) is 5.56 Å². The number of ketones is 1. The van der Waals surface area contributed by atoms with E-state index < -0.39 is 0 Å². The van der Waals surface area contributed by atoms with Gasteiger partial charge in [0.05, 0.1) is 12.2 Å². The highest BCUT2D eigenvalue weighted by Gasteiger charge is 2.02. The molecule has 1 rings (SSSR count). The van der Waals surface area contributed by atoms with Gasteiger partial charge in [-0.2, -0.15) is 0 Å². The first kappa shape index (κ1) is 10.9. The molecule has 0 fully saturated rings. The molecule has 0 radical (unpaired) electrons. The topological polar surface area (TPSA) is 17.1 Å². The maximum absolute atomic E-state index is 11.2. The lowest BCUT2D eigenvalue weighted by atomic mass is 10.2. The minimum Gasteiger partial charge on any atom is -0.298 e. The average molecular weight is 204 g/mol. The molecule has 0 saturated heterocycles. The van der Waals surface area contributed by atoms with Crippen LogP contribution in [0.15, 0.2) is 29.2 Å². The normalized spacial score (nSPS) is 9.43. The van der Waals surface area contributed by atoms with Gasteiger partial charge in [0.1, 0.15) is 0 Å². The van der Waals surface area contributed by atoms with Gasteiger partial charge in [0, 0.05) is 4.90 Å². The van der Waals surface area contributed by atoms with Gasteiger partial charge in [-0.3, -0.25) is 4.79 Å². The molecule has 0 bridgehead atoms. The number of Topliss-reactive ketones (excluding diaryl/α,β-unsaturated/α-hetero) is 1. The van der Waals surface area contributed by atoms with E-state index in [4.69, 9.17) is 6.42 Å². The minimum atomic E-state index is 0.112. The summed E-state index contributed by atoms with van der Waals surface area (Å²) in [4.78, 5) is 12.3. The molecule has 0 aliphatic carbocycles. The molecule has 0 aliphatic rings. The summed E-state index contributed by atoms with van der Waals surface area (Å²) < 4.78 is 0. The number of hydrogen-bond acceptors (Lipinski definition) is 2. The lowest BCUT2D eigenvalue weighted by molar-refractivity contribution is -0.115. The minimum absolute atomic E-state index is 0.112. The van der Waals surface area contributed by atoms with Gasteiger partial charge in [0.15, 0.2) is 5.78 Å². The summed E-state index contributed by atoms with van der Waals surface area (Å²) in [7, 11) is 0. The van der Waals surface area contributed by atoms with Crippen LogP contribution >= 0.6 is 11.8 Å². The molecule has 0 aliphatic heterocycles. The first-order chi connectivity index (χ1) is 6.74. The van der Waals surface area contributed by atoms with E-state index in [2.05, 4.69) is 5.92 Å². The number of terminal acetylenes is 1. The van der Waals surface area contributed by atoms with Crippen molar-refractivity contribution in [2.45, 2.75) is 18.2 Å². The second kappa shape index (κ2) is 5.51. The Bertz CT molecular complexity index is 363. The predicted molar refractivity (Wildman–Crippen MR) is 60.4 cm³/mol. The van der Waals surface area contributed by atoms with Gasteiger partial charge in [0.2, 0.25) is 0 Å². The van der Waals surface area contributed by atoms with Crippen LogP contribution in [0, 0.1) is 19.3 Å². The third-order valence-electron chi connectivity index (χ3n) is 1.78. The molecule has 0 aromatic heterocycles. The zero-order valence-corrected chi connectivity index (χ0v) is 8.93. The van der Waals surface area contributed by atoms with Crippen molar-refractivity contribution in [2.75, 3.05) is 5.75 Å². The van der Waals surface area contributed by atoms with Crippen LogP contribution in [-0.2, 0) is 4.79 Å². The molecule has 0 saturated carbocycles. The molecule has 0 heterocycles. The summed E-state index contributed by atoms with van der Waals surface area (Å²) >= 11 is 1.55. The average Bonchev–Trinajstić information content (AvgIpc) is 2.17. The quantitative estimate of drug-likeness (QED) is 0.554. The predicted octanol–water partition coefficient (Wildman–Crippen LogP) is 2.68. The van der Waals surface area contributed by atoms with E-state index in [0.717, 1.165) is 4.90 Å². The maximum atomic E-state index is 11.2. The molecule has 1 nitrogen and oxygen atoms in total. The van der Waals surface area contributed by atoms with Gasteiger partial charge in [-0.15, -0.1) is 18.2 Å². The number of benzene rings is 1. The Morgan fingerprint density at radius 3 is 2.86 bits per heavy atom. The largest absolute Gasteiger partial charge is 0.298 e. The number of carbonyl (C=O) groups is 1. The van der Waals surface area contributed by atoms with Gasteiger partial charge in [-0.1, -0.05) is 24.1 Å². The lowest BCUT2D eigenvalue weighted by Gasteiger charge is -2.02. The highest BCUT2D eigenvalue weighted by molar-refractivity contribution is 8.00. The fraction of sp³-hybridized carbons (Fsp3) is 0.250. The second-order valence-electron chi connectivity index (χ2n) is 2.97. The fourth-order valence-corrected chi connectivity index (χ4v) is 1.93. The van der Waals surface area contributed by atoms with E-state index in [0.29, 0.717) is 5.75 Å². The Morgan fingerprint density at radius 1 is 1.50 bits per heavy atom. The smallest absolute Gasteiger partial charge is 0.154 e. The van der Waals surface area contributed by atoms with Crippen molar-refractivity contribution in [3.63, 3.8) is 0 Å². The molecule has 2 heteroatoms. The maximum Gasteiger partial charge on any atom is 0.154 e. The number of rotatable bonds is 4. The molecule has 0 spiro atoms. The molecule has 14 heavy (non-hydrogen) atoms. The highest BCUT2D eigenvalue weighted by atomic mass is 32.2. The lowest BCUT2D eigenvalue weighted by Crippen LogP contribution is -1.99. The van der Waals surface area contributed by atoms with Crippen LogP contribution in [0.4, 0.5) is 0 Å². The Morgan fingerprint density at radius 2 is 2.21 bits per heavy atom. The van der Waals surface area contributed by atoms with Crippen molar-refractivity contribution in [3.05, 3.63) is 29.8 Å². The van der Waals surface area contributed by atoms with Crippen molar-refractivity contribution in [3.8, 4) is 12.3 Å². The summed E-state index contributed by atoms with van der Waals surface area (Å²) in [6.07, 6.45) is 5.28. The molecule has 1 aromatic rings. The summed E-state index contributed by atoms with van der Waals surface area (Å²) in [5.41, 5.74) is 1.20. The molecule has 1 aromatic carbocycles. The van der Waals surface area contributed by atoms with Crippen LogP contribution in [0.3, 0.4) is 0 Å². The summed E-state index contributed by atoms with van der Waals surface area (Å²) in [6, 6.07) is 8.01. The molecule has 72 valence electrons. The number of hydrogen-bond donors (Lipinski definition) is 0. The van der Waals surface area contributed by atoms with Crippen LogP contribution in [0.1, 0.15) is 12.0 Å². The molecular weight excluding hydrogens is 192 g/mol. The standard InChI is InChI=1S/C12H12OS/c1-3-6-11(13)9-14-12-8-5-4-7-10(12)2/h1,4-5,7-8H,6,9H2,2H3. The molecule has 0 atom stereocenters. The Kier molecular flexibility index (Phi) is 4.28. The van der Waals surface area contributed by atoms with E-state index in [1.54, 1.807) is 11.8 Å². The monoisotopic (exact) mass is 204 g/mol. The number of thioether (sulfide) groups is 1. The highest BCUT2D eigenvalue weighted by Crippen LogP contribution is 2.21. The zero-order chi connectivity index (χ0) is 10.4. The van der Waals surface area contributed by atoms with Crippen molar-refractivity contribution in [1.82, 2.24) is 0 Å². The summed E-state index contributed by atoms with van der Waals surface area (Å²) in [5.74, 6) is 2.93. The Labute approximate surface area is 88.9 Å². The van der Waals surface area contributed by atoms with Crippen LogP contribution < -0.4 is 0 Å². The first-order valence-corrected chi connectivity index (χ1v) is 5.36. The second-order valence-corrected chi connectivity index (χ2v) is 3.99. The molecule has 0 unspecified atom stereocenters. The van der Waals surface area contributed by atoms with Crippen molar-refractivity contribution < 1.29 is 4.79 Å². The van der Waals surface area contributed by atoms with E-state index >= 15 is 0 Å². The van der Waals surface area contributed by atoms with E-state index in [-0.39, 0.29) is 12.2 Å². The van der Waals surface area contributed by atoms with Crippen molar-refractivity contribution in [2.24, 2.45) is 0 Å². The van der Waals surface area contributed by atoms with E-state index in [1.807, 2.05) is 31.2 Å². The Hall–Kier alpha value is -1.20. The summed E-state index contributed by atoms with van der Waals surface area (Å²) in [5, 5.41) is 0. The van der Waals surface area contributed by atoms with Gasteiger partial charge in [-0.25, -0.2) is 0 Å². The Balaban J connectivity index is 2.51. The SMILES string of the molecule is C#CCC(=O)CSc1ccccc1C. The first-order valence-electron chi connectivity index (χ1n) is 4.37. The molecule has 0 amide bonds. The zero-order valence-electron chi connectivity index (χ0n) is 8.12. The van der Waals surface area contributed by atoms with Crippen LogP contribution in [-0.4, -0.2) is 11.5 Å². The van der Waals surface area contributed by atoms with E-state index in [9.17, 15) is 4.79 Å². The molecule has 0 N–H and O–H groups in total. The number of carbonyl (C=O) groups excluding carboxylic acids is 1. The van der Waals surface area contributed by atoms with Crippen LogP contribution in [0.5, 0.6) is 0 Å². The van der Waals surface area contributed by atoms with Crippen LogP contribution in [0.2, 0.25) is 0 Å². The van der Waals surface area contributed by atoms with Gasteiger partial charge in [0.25, 0.3) is 0 Å². The van der Waals surface area contributed by atoms with Crippen molar-refractivity contribution >= 4 is 17.5 Å². The fourth-order valence-electron chi connectivity index (χ4n) is 1.04. The third-order valence-corrected chi connectivity index (χ3v) is 3.02. The summed E-state index contributed by atoms with van der Waals surface area (Å²) in [6.45, 7) is 2.04. The van der Waals surface area contributed by atoms with Gasteiger partial charge >= 0.3 is 0 Å². The molecular formula is C12H12OS.